The highest BCUT2D eigenvalue weighted by Crippen LogP contribution is 2.32. The summed E-state index contributed by atoms with van der Waals surface area (Å²) < 4.78 is 0. The van der Waals surface area contributed by atoms with Crippen molar-refractivity contribution < 1.29 is 4.79 Å². The maximum Gasteiger partial charge on any atom is 0.222 e. The first kappa shape index (κ1) is 11.9. The van der Waals surface area contributed by atoms with Crippen LogP contribution in [0.5, 0.6) is 0 Å². The smallest absolute Gasteiger partial charge is 0.222 e. The van der Waals surface area contributed by atoms with Gasteiger partial charge in [-0.15, -0.1) is 0 Å². The van der Waals surface area contributed by atoms with Crippen molar-refractivity contribution in [2.75, 3.05) is 6.54 Å². The summed E-state index contributed by atoms with van der Waals surface area (Å²) in [6.07, 6.45) is 5.60. The van der Waals surface area contributed by atoms with Gasteiger partial charge in [0.25, 0.3) is 0 Å². The van der Waals surface area contributed by atoms with Crippen molar-refractivity contribution in [2.24, 2.45) is 0 Å². The number of likely N-dealkylation sites (N-methyl/N-ethyl adjacent to an activating group) is 1. The van der Waals surface area contributed by atoms with Crippen molar-refractivity contribution >= 4 is 5.91 Å². The van der Waals surface area contributed by atoms with Crippen LogP contribution in [-0.4, -0.2) is 35.0 Å². The van der Waals surface area contributed by atoms with Gasteiger partial charge >= 0.3 is 0 Å². The van der Waals surface area contributed by atoms with Gasteiger partial charge in [0.2, 0.25) is 5.91 Å². The molecule has 2 unspecified atom stereocenters. The fourth-order valence-corrected chi connectivity index (χ4v) is 3.52. The molecular weight excluding hydrogens is 200 g/mol. The van der Waals surface area contributed by atoms with Gasteiger partial charge in [-0.1, -0.05) is 19.8 Å². The van der Waals surface area contributed by atoms with E-state index in [9.17, 15) is 4.79 Å². The Labute approximate surface area is 98.6 Å². The van der Waals surface area contributed by atoms with Crippen molar-refractivity contribution in [3.05, 3.63) is 0 Å². The van der Waals surface area contributed by atoms with Crippen LogP contribution in [0.25, 0.3) is 0 Å². The lowest BCUT2D eigenvalue weighted by Gasteiger charge is -2.44. The maximum absolute atomic E-state index is 11.9. The van der Waals surface area contributed by atoms with Gasteiger partial charge in [-0.05, 0) is 33.2 Å². The van der Waals surface area contributed by atoms with Gasteiger partial charge in [0.15, 0.2) is 0 Å². The predicted octanol–water partition coefficient (Wildman–Crippen LogP) is 1.92. The molecule has 1 N–H and O–H groups in total. The van der Waals surface area contributed by atoms with E-state index in [2.05, 4.69) is 31.0 Å². The monoisotopic (exact) mass is 224 g/mol. The number of nitrogens with one attached hydrogen (secondary N) is 1. The summed E-state index contributed by atoms with van der Waals surface area (Å²) in [4.78, 5) is 14.4. The van der Waals surface area contributed by atoms with Crippen LogP contribution in [0.2, 0.25) is 0 Å². The number of carbonyl (C=O) groups is 1. The Kier molecular flexibility index (Phi) is 3.24. The highest BCUT2D eigenvalue weighted by molar-refractivity contribution is 5.78. The molecule has 0 aromatic heterocycles. The molecule has 3 heteroatoms. The van der Waals surface area contributed by atoms with E-state index in [-0.39, 0.29) is 11.4 Å². The molecular formula is C13H24N2O. The second kappa shape index (κ2) is 4.36. The van der Waals surface area contributed by atoms with Gasteiger partial charge in [-0.2, -0.15) is 0 Å². The number of hydrogen-bond acceptors (Lipinski definition) is 2. The zero-order valence-electron chi connectivity index (χ0n) is 10.8. The second-order valence-electron chi connectivity index (χ2n) is 5.80. The number of hydrogen-bond donors (Lipinski definition) is 1. The first-order chi connectivity index (χ1) is 7.54. The van der Waals surface area contributed by atoms with Crippen molar-refractivity contribution in [3.63, 3.8) is 0 Å². The number of fused-ring (bicyclic) bond motifs is 1. The SMILES string of the molecule is CCN1C2CCCCC2NC(=O)CC1(C)C. The number of rotatable bonds is 1. The van der Waals surface area contributed by atoms with Crippen LogP contribution in [0.4, 0.5) is 0 Å². The Balaban J connectivity index is 2.26. The zero-order chi connectivity index (χ0) is 11.8. The van der Waals surface area contributed by atoms with E-state index in [0.717, 1.165) is 13.0 Å². The Hall–Kier alpha value is -0.570. The predicted molar refractivity (Wildman–Crippen MR) is 65.3 cm³/mol. The second-order valence-corrected chi connectivity index (χ2v) is 5.80. The fraction of sp³-hybridized carbons (Fsp3) is 0.923. The minimum atomic E-state index is 0.00951. The molecule has 1 aliphatic heterocycles. The zero-order valence-corrected chi connectivity index (χ0v) is 10.8. The van der Waals surface area contributed by atoms with E-state index in [1.807, 2.05) is 0 Å². The van der Waals surface area contributed by atoms with Crippen molar-refractivity contribution in [2.45, 2.75) is 70.5 Å². The van der Waals surface area contributed by atoms with Crippen molar-refractivity contribution in [1.29, 1.82) is 0 Å². The summed E-state index contributed by atoms with van der Waals surface area (Å²) in [5, 5.41) is 3.22. The molecule has 0 spiro atoms. The minimum absolute atomic E-state index is 0.00951. The van der Waals surface area contributed by atoms with Gasteiger partial charge < -0.3 is 5.32 Å². The number of amides is 1. The van der Waals surface area contributed by atoms with E-state index >= 15 is 0 Å². The van der Waals surface area contributed by atoms with E-state index in [0.29, 0.717) is 18.5 Å². The van der Waals surface area contributed by atoms with Gasteiger partial charge in [0.05, 0.1) is 0 Å². The summed E-state index contributed by atoms with van der Waals surface area (Å²) >= 11 is 0. The summed E-state index contributed by atoms with van der Waals surface area (Å²) in [7, 11) is 0. The molecule has 92 valence electrons. The number of carbonyl (C=O) groups excluding carboxylic acids is 1. The fourth-order valence-electron chi connectivity index (χ4n) is 3.52. The van der Waals surface area contributed by atoms with Gasteiger partial charge in [-0.3, -0.25) is 9.69 Å². The molecule has 0 aromatic rings. The average Bonchev–Trinajstić information content (AvgIpc) is 2.28. The summed E-state index contributed by atoms with van der Waals surface area (Å²) in [6.45, 7) is 7.66. The molecule has 2 atom stereocenters. The standard InChI is InChI=1S/C13H24N2O/c1-4-15-11-8-6-5-7-10(11)14-12(16)9-13(15,2)3/h10-11H,4-9H2,1-3H3,(H,14,16). The number of nitrogens with zero attached hydrogens (tertiary/aromatic N) is 1. The molecule has 0 aromatic carbocycles. The maximum atomic E-state index is 11.9. The van der Waals surface area contributed by atoms with Crippen LogP contribution in [0.15, 0.2) is 0 Å². The van der Waals surface area contributed by atoms with Gasteiger partial charge in [-0.25, -0.2) is 0 Å². The van der Waals surface area contributed by atoms with E-state index < -0.39 is 0 Å². The van der Waals surface area contributed by atoms with Crippen LogP contribution < -0.4 is 5.32 Å². The van der Waals surface area contributed by atoms with E-state index in [4.69, 9.17) is 0 Å². The third kappa shape index (κ3) is 2.10. The molecule has 0 radical (unpaired) electrons. The molecule has 2 fully saturated rings. The highest BCUT2D eigenvalue weighted by atomic mass is 16.1. The highest BCUT2D eigenvalue weighted by Gasteiger charge is 2.41. The van der Waals surface area contributed by atoms with Crippen LogP contribution >= 0.6 is 0 Å². The average molecular weight is 224 g/mol. The molecule has 3 nitrogen and oxygen atoms in total. The first-order valence-corrected chi connectivity index (χ1v) is 6.60. The van der Waals surface area contributed by atoms with Gasteiger partial charge in [0, 0.05) is 24.0 Å². The third-order valence-electron chi connectivity index (χ3n) is 4.19. The van der Waals surface area contributed by atoms with E-state index in [1.165, 1.54) is 19.3 Å². The van der Waals surface area contributed by atoms with Crippen molar-refractivity contribution in [3.8, 4) is 0 Å². The van der Waals surface area contributed by atoms with Gasteiger partial charge in [0.1, 0.15) is 0 Å². The topological polar surface area (TPSA) is 32.3 Å². The molecule has 1 heterocycles. The summed E-state index contributed by atoms with van der Waals surface area (Å²) in [5.41, 5.74) is 0.00951. The van der Waals surface area contributed by atoms with E-state index in [1.54, 1.807) is 0 Å². The molecule has 2 rings (SSSR count). The lowest BCUT2D eigenvalue weighted by Crippen LogP contribution is -2.55. The summed E-state index contributed by atoms with van der Waals surface area (Å²) in [5.74, 6) is 0.234. The molecule has 1 saturated heterocycles. The Morgan fingerprint density at radius 2 is 2.06 bits per heavy atom. The Morgan fingerprint density at radius 1 is 1.38 bits per heavy atom. The minimum Gasteiger partial charge on any atom is -0.352 e. The largest absolute Gasteiger partial charge is 0.352 e. The summed E-state index contributed by atoms with van der Waals surface area (Å²) in [6, 6.07) is 0.947. The van der Waals surface area contributed by atoms with Crippen LogP contribution in [0.3, 0.4) is 0 Å². The van der Waals surface area contributed by atoms with Crippen LogP contribution in [-0.2, 0) is 4.79 Å². The lowest BCUT2D eigenvalue weighted by molar-refractivity contribution is -0.122. The quantitative estimate of drug-likeness (QED) is 0.738. The third-order valence-corrected chi connectivity index (χ3v) is 4.19. The Morgan fingerprint density at radius 3 is 2.75 bits per heavy atom. The molecule has 1 amide bonds. The molecule has 2 aliphatic rings. The molecule has 1 aliphatic carbocycles. The molecule has 1 saturated carbocycles. The first-order valence-electron chi connectivity index (χ1n) is 6.60. The molecule has 0 bridgehead atoms. The lowest BCUT2D eigenvalue weighted by atomic mass is 9.87. The van der Waals surface area contributed by atoms with Crippen LogP contribution in [0, 0.1) is 0 Å². The normalized spacial score (nSPS) is 35.1. The van der Waals surface area contributed by atoms with Crippen LogP contribution in [0.1, 0.15) is 52.9 Å². The molecule has 16 heavy (non-hydrogen) atoms. The Bertz CT molecular complexity index is 275. The van der Waals surface area contributed by atoms with Crippen molar-refractivity contribution in [1.82, 2.24) is 10.2 Å².